The van der Waals surface area contributed by atoms with Crippen molar-refractivity contribution in [2.45, 2.75) is 19.4 Å². The number of aromatic nitrogens is 1. The summed E-state index contributed by atoms with van der Waals surface area (Å²) in [4.78, 5) is 43.6. The Kier molecular flexibility index (Phi) is 7.17. The van der Waals surface area contributed by atoms with E-state index in [-0.39, 0.29) is 24.8 Å². The highest BCUT2D eigenvalue weighted by atomic mass is 16.5. The average Bonchev–Trinajstić information content (AvgIpc) is 2.95. The van der Waals surface area contributed by atoms with E-state index in [1.165, 1.54) is 6.92 Å². The Bertz CT molecular complexity index is 1180. The van der Waals surface area contributed by atoms with Gasteiger partial charge in [-0.2, -0.15) is 0 Å². The molecule has 1 aliphatic heterocycles. The molecule has 0 saturated heterocycles. The van der Waals surface area contributed by atoms with Gasteiger partial charge in [-0.3, -0.25) is 14.4 Å². The molecule has 0 spiro atoms. The fraction of sp³-hybridized carbons (Fsp3) is 0.231. The van der Waals surface area contributed by atoms with Crippen LogP contribution in [0.3, 0.4) is 0 Å². The van der Waals surface area contributed by atoms with Crippen molar-refractivity contribution in [3.8, 4) is 0 Å². The summed E-state index contributed by atoms with van der Waals surface area (Å²) in [6.07, 6.45) is 1.12. The minimum absolute atomic E-state index is 0.129. The zero-order valence-corrected chi connectivity index (χ0v) is 18.9. The highest BCUT2D eigenvalue weighted by Gasteiger charge is 2.33. The second-order valence-corrected chi connectivity index (χ2v) is 7.83. The lowest BCUT2D eigenvalue weighted by Gasteiger charge is -2.24. The van der Waals surface area contributed by atoms with Crippen LogP contribution < -0.4 is 15.5 Å². The summed E-state index contributed by atoms with van der Waals surface area (Å²) in [5.41, 5.74) is 2.41. The Labute approximate surface area is 198 Å². The molecule has 1 aliphatic rings. The lowest BCUT2D eigenvalue weighted by atomic mass is 9.97. The number of para-hydroxylation sites is 1. The van der Waals surface area contributed by atoms with E-state index < -0.39 is 12.1 Å². The topological polar surface area (TPSA) is 101 Å². The highest BCUT2D eigenvalue weighted by Crippen LogP contribution is 2.39. The van der Waals surface area contributed by atoms with Gasteiger partial charge in [0, 0.05) is 55.9 Å². The molecule has 3 aromatic rings. The first-order chi connectivity index (χ1) is 16.5. The Morgan fingerprint density at radius 3 is 2.47 bits per heavy atom. The number of carbonyl (C=O) groups is 3. The normalized spacial score (nSPS) is 14.4. The van der Waals surface area contributed by atoms with Gasteiger partial charge in [-0.1, -0.05) is 42.5 Å². The molecule has 1 unspecified atom stereocenters. The Morgan fingerprint density at radius 2 is 1.71 bits per heavy atom. The molecule has 8 nitrogen and oxygen atoms in total. The summed E-state index contributed by atoms with van der Waals surface area (Å²) in [7, 11) is 0. The number of pyridine rings is 1. The maximum atomic E-state index is 13.5. The van der Waals surface area contributed by atoms with E-state index >= 15 is 0 Å². The summed E-state index contributed by atoms with van der Waals surface area (Å²) in [5.74, 6) is -0.0943. The molecule has 2 amide bonds. The van der Waals surface area contributed by atoms with Crippen LogP contribution in [0.5, 0.6) is 0 Å². The quantitative estimate of drug-likeness (QED) is 0.397. The predicted octanol–water partition coefficient (Wildman–Crippen LogP) is 3.31. The standard InChI is InChI=1S/C26H26N4O4/c1-18(31)34-25-19-8-2-3-9-20(19)26(33)30(22-11-5-4-10-21(22)25)17-13-24(32)29-16-15-28-23-12-6-7-14-27-23/h2-12,14,25H,13,15-17H2,1H3,(H,27,28)(H,29,32). The summed E-state index contributed by atoms with van der Waals surface area (Å²) < 4.78 is 5.64. The number of nitrogens with zero attached hydrogens (tertiary/aromatic N) is 2. The Balaban J connectivity index is 1.47. The molecule has 1 aromatic heterocycles. The second-order valence-electron chi connectivity index (χ2n) is 7.83. The number of carbonyl (C=O) groups excluding carboxylic acids is 3. The monoisotopic (exact) mass is 458 g/mol. The van der Waals surface area contributed by atoms with Crippen LogP contribution in [0.15, 0.2) is 72.9 Å². The van der Waals surface area contributed by atoms with Crippen LogP contribution in [-0.2, 0) is 14.3 Å². The number of esters is 1. The summed E-state index contributed by atoms with van der Waals surface area (Å²) in [6, 6.07) is 20.0. The molecule has 2 aromatic carbocycles. The summed E-state index contributed by atoms with van der Waals surface area (Å²) in [6.45, 7) is 2.50. The number of hydrogen-bond acceptors (Lipinski definition) is 6. The van der Waals surface area contributed by atoms with Crippen molar-refractivity contribution in [1.82, 2.24) is 10.3 Å². The number of anilines is 2. The molecule has 1 atom stereocenters. The minimum Gasteiger partial charge on any atom is -0.453 e. The molecule has 34 heavy (non-hydrogen) atoms. The zero-order valence-electron chi connectivity index (χ0n) is 18.9. The number of amides is 2. The average molecular weight is 459 g/mol. The fourth-order valence-electron chi connectivity index (χ4n) is 3.97. The van der Waals surface area contributed by atoms with Crippen LogP contribution in [-0.4, -0.2) is 42.4 Å². The van der Waals surface area contributed by atoms with Gasteiger partial charge in [0.25, 0.3) is 5.91 Å². The number of hydrogen-bond donors (Lipinski definition) is 2. The first kappa shape index (κ1) is 23.0. The van der Waals surface area contributed by atoms with Crippen molar-refractivity contribution in [2.75, 3.05) is 29.9 Å². The fourth-order valence-corrected chi connectivity index (χ4v) is 3.97. The first-order valence-corrected chi connectivity index (χ1v) is 11.1. The molecule has 0 radical (unpaired) electrons. The van der Waals surface area contributed by atoms with Gasteiger partial charge in [-0.05, 0) is 24.3 Å². The predicted molar refractivity (Wildman–Crippen MR) is 129 cm³/mol. The van der Waals surface area contributed by atoms with Crippen LogP contribution >= 0.6 is 0 Å². The van der Waals surface area contributed by atoms with Crippen LogP contribution in [0.2, 0.25) is 0 Å². The van der Waals surface area contributed by atoms with Crippen molar-refractivity contribution in [3.05, 3.63) is 89.6 Å². The molecule has 4 rings (SSSR count). The largest absolute Gasteiger partial charge is 0.453 e. The molecule has 174 valence electrons. The number of nitrogens with one attached hydrogen (secondary N) is 2. The van der Waals surface area contributed by atoms with Gasteiger partial charge in [0.1, 0.15) is 5.82 Å². The van der Waals surface area contributed by atoms with Crippen LogP contribution in [0.4, 0.5) is 11.5 Å². The minimum atomic E-state index is -0.703. The van der Waals surface area contributed by atoms with Crippen LogP contribution in [0, 0.1) is 0 Å². The molecule has 0 aliphatic carbocycles. The van der Waals surface area contributed by atoms with Gasteiger partial charge < -0.3 is 20.3 Å². The van der Waals surface area contributed by atoms with Crippen molar-refractivity contribution < 1.29 is 19.1 Å². The highest BCUT2D eigenvalue weighted by molar-refractivity contribution is 6.09. The third-order valence-electron chi connectivity index (χ3n) is 5.49. The van der Waals surface area contributed by atoms with E-state index in [0.29, 0.717) is 35.5 Å². The Morgan fingerprint density at radius 1 is 0.971 bits per heavy atom. The van der Waals surface area contributed by atoms with Crippen molar-refractivity contribution in [3.63, 3.8) is 0 Å². The SMILES string of the molecule is CC(=O)OC1c2ccccc2C(=O)N(CCC(=O)NCCNc2ccccn2)c2ccccc21. The van der Waals surface area contributed by atoms with Crippen LogP contribution in [0.25, 0.3) is 0 Å². The Hall–Kier alpha value is -4.20. The number of benzene rings is 2. The van der Waals surface area contributed by atoms with E-state index in [1.54, 1.807) is 29.3 Å². The number of fused-ring (bicyclic) bond motifs is 2. The lowest BCUT2D eigenvalue weighted by Crippen LogP contribution is -2.36. The maximum Gasteiger partial charge on any atom is 0.303 e. The van der Waals surface area contributed by atoms with E-state index in [9.17, 15) is 14.4 Å². The van der Waals surface area contributed by atoms with Gasteiger partial charge in [0.05, 0.1) is 5.69 Å². The van der Waals surface area contributed by atoms with E-state index in [1.807, 2.05) is 48.5 Å². The summed E-state index contributed by atoms with van der Waals surface area (Å²) >= 11 is 0. The van der Waals surface area contributed by atoms with Crippen LogP contribution in [0.1, 0.15) is 40.9 Å². The van der Waals surface area contributed by atoms with Crippen molar-refractivity contribution in [2.24, 2.45) is 0 Å². The smallest absolute Gasteiger partial charge is 0.303 e. The molecule has 2 N–H and O–H groups in total. The van der Waals surface area contributed by atoms with Crippen molar-refractivity contribution >= 4 is 29.3 Å². The van der Waals surface area contributed by atoms with E-state index in [4.69, 9.17) is 4.74 Å². The number of rotatable bonds is 8. The van der Waals surface area contributed by atoms with Gasteiger partial charge in [-0.15, -0.1) is 0 Å². The number of ether oxygens (including phenoxy) is 1. The molecule has 0 fully saturated rings. The third kappa shape index (κ3) is 5.23. The van der Waals surface area contributed by atoms with E-state index in [2.05, 4.69) is 15.6 Å². The maximum absolute atomic E-state index is 13.5. The molecular formula is C26H26N4O4. The third-order valence-corrected chi connectivity index (χ3v) is 5.49. The molecule has 0 saturated carbocycles. The summed E-state index contributed by atoms with van der Waals surface area (Å²) in [5, 5.41) is 6.00. The van der Waals surface area contributed by atoms with Crippen molar-refractivity contribution in [1.29, 1.82) is 0 Å². The van der Waals surface area contributed by atoms with Gasteiger partial charge in [0.15, 0.2) is 6.10 Å². The lowest BCUT2D eigenvalue weighted by molar-refractivity contribution is -0.144. The molecular weight excluding hydrogens is 432 g/mol. The van der Waals surface area contributed by atoms with Gasteiger partial charge in [0.2, 0.25) is 5.91 Å². The first-order valence-electron chi connectivity index (χ1n) is 11.1. The van der Waals surface area contributed by atoms with Gasteiger partial charge in [-0.25, -0.2) is 4.98 Å². The second kappa shape index (κ2) is 10.6. The van der Waals surface area contributed by atoms with E-state index in [0.717, 1.165) is 5.82 Å². The molecule has 2 heterocycles. The molecule has 0 bridgehead atoms. The zero-order chi connectivity index (χ0) is 23.9. The molecule has 8 heteroatoms. The van der Waals surface area contributed by atoms with Gasteiger partial charge >= 0.3 is 5.97 Å².